The van der Waals surface area contributed by atoms with E-state index in [1.807, 2.05) is 17.0 Å². The van der Waals surface area contributed by atoms with Crippen LogP contribution >= 0.6 is 0 Å². The fourth-order valence-electron chi connectivity index (χ4n) is 4.89. The fourth-order valence-corrected chi connectivity index (χ4v) is 4.89. The van der Waals surface area contributed by atoms with Crippen LogP contribution in [-0.2, 0) is 16.0 Å². The SMILES string of the molecule is CC1(C)CC(Nc2ccc3nnc(CCC(=O)N4CCOCC4)n3n2)CC(C)(C)N1. The number of amides is 1. The lowest BCUT2D eigenvalue weighted by Gasteiger charge is -2.46. The van der Waals surface area contributed by atoms with Gasteiger partial charge in [0.05, 0.1) is 13.2 Å². The Labute approximate surface area is 177 Å². The van der Waals surface area contributed by atoms with Crippen molar-refractivity contribution in [3.8, 4) is 0 Å². The summed E-state index contributed by atoms with van der Waals surface area (Å²) >= 11 is 0. The van der Waals surface area contributed by atoms with E-state index in [9.17, 15) is 4.79 Å². The van der Waals surface area contributed by atoms with E-state index in [1.165, 1.54) is 0 Å². The van der Waals surface area contributed by atoms with Crippen LogP contribution in [0.2, 0.25) is 0 Å². The zero-order chi connectivity index (χ0) is 21.4. The van der Waals surface area contributed by atoms with Crippen LogP contribution in [0.5, 0.6) is 0 Å². The Bertz CT molecular complexity index is 886. The van der Waals surface area contributed by atoms with E-state index < -0.39 is 0 Å². The molecule has 0 spiro atoms. The Balaban J connectivity index is 1.44. The molecule has 2 saturated heterocycles. The third-order valence-electron chi connectivity index (χ3n) is 5.80. The fraction of sp³-hybridized carbons (Fsp3) is 0.714. The third-order valence-corrected chi connectivity index (χ3v) is 5.80. The van der Waals surface area contributed by atoms with Gasteiger partial charge in [0.25, 0.3) is 0 Å². The number of carbonyl (C=O) groups excluding carboxylic acids is 1. The van der Waals surface area contributed by atoms with Gasteiger partial charge in [-0.2, -0.15) is 4.52 Å². The summed E-state index contributed by atoms with van der Waals surface area (Å²) in [7, 11) is 0. The molecule has 9 heteroatoms. The molecule has 0 atom stereocenters. The standard InChI is InChI=1S/C21H33N7O2/c1-20(2)13-15(14-21(3,4)26-20)22-16-5-6-17-23-24-18(28(17)25-16)7-8-19(29)27-9-11-30-12-10-27/h5-6,15,26H,7-14H2,1-4H3,(H,22,25). The lowest BCUT2D eigenvalue weighted by atomic mass is 9.79. The molecule has 2 aliphatic rings. The number of rotatable bonds is 5. The van der Waals surface area contributed by atoms with Crippen molar-refractivity contribution in [3.05, 3.63) is 18.0 Å². The Hall–Kier alpha value is -2.26. The van der Waals surface area contributed by atoms with Crippen LogP contribution in [0.1, 0.15) is 52.8 Å². The highest BCUT2D eigenvalue weighted by atomic mass is 16.5. The second kappa shape index (κ2) is 8.11. The van der Waals surface area contributed by atoms with E-state index >= 15 is 0 Å². The molecule has 9 nitrogen and oxygen atoms in total. The molecule has 1 amide bonds. The van der Waals surface area contributed by atoms with Crippen LogP contribution in [0.15, 0.2) is 12.1 Å². The van der Waals surface area contributed by atoms with E-state index in [0.29, 0.717) is 56.7 Å². The monoisotopic (exact) mass is 415 g/mol. The normalized spacial score (nSPS) is 21.7. The van der Waals surface area contributed by atoms with Crippen molar-refractivity contribution < 1.29 is 9.53 Å². The molecule has 0 aliphatic carbocycles. The molecular weight excluding hydrogens is 382 g/mol. The lowest BCUT2D eigenvalue weighted by molar-refractivity contribution is -0.135. The van der Waals surface area contributed by atoms with Gasteiger partial charge in [0.1, 0.15) is 5.82 Å². The molecule has 30 heavy (non-hydrogen) atoms. The number of aryl methyl sites for hydroxylation is 1. The van der Waals surface area contributed by atoms with Crippen LogP contribution < -0.4 is 10.6 Å². The number of ether oxygens (including phenoxy) is 1. The highest BCUT2D eigenvalue weighted by Gasteiger charge is 2.37. The first-order valence-electron chi connectivity index (χ1n) is 10.8. The number of piperidine rings is 1. The summed E-state index contributed by atoms with van der Waals surface area (Å²) in [5, 5.41) is 20.5. The number of carbonyl (C=O) groups is 1. The van der Waals surface area contributed by atoms with Gasteiger partial charge >= 0.3 is 0 Å². The quantitative estimate of drug-likeness (QED) is 0.766. The zero-order valence-corrected chi connectivity index (χ0v) is 18.4. The van der Waals surface area contributed by atoms with Crippen LogP contribution in [0.4, 0.5) is 5.82 Å². The molecule has 2 N–H and O–H groups in total. The van der Waals surface area contributed by atoms with Gasteiger partial charge in [0, 0.05) is 43.1 Å². The molecule has 2 fully saturated rings. The van der Waals surface area contributed by atoms with Crippen molar-refractivity contribution in [2.75, 3.05) is 31.6 Å². The molecule has 0 bridgehead atoms. The number of anilines is 1. The maximum Gasteiger partial charge on any atom is 0.223 e. The average molecular weight is 416 g/mol. The zero-order valence-electron chi connectivity index (χ0n) is 18.4. The number of nitrogens with zero attached hydrogens (tertiary/aromatic N) is 5. The average Bonchev–Trinajstić information content (AvgIpc) is 3.06. The molecule has 2 aromatic heterocycles. The van der Waals surface area contributed by atoms with Crippen LogP contribution in [0.25, 0.3) is 5.65 Å². The topological polar surface area (TPSA) is 96.7 Å². The summed E-state index contributed by atoms with van der Waals surface area (Å²) in [4.78, 5) is 14.3. The molecule has 164 valence electrons. The summed E-state index contributed by atoms with van der Waals surface area (Å²) in [6.45, 7) is 11.5. The molecular formula is C21H33N7O2. The van der Waals surface area contributed by atoms with Crippen molar-refractivity contribution in [2.24, 2.45) is 0 Å². The van der Waals surface area contributed by atoms with Gasteiger partial charge in [-0.15, -0.1) is 15.3 Å². The first-order valence-corrected chi connectivity index (χ1v) is 10.8. The van der Waals surface area contributed by atoms with Gasteiger partial charge in [-0.3, -0.25) is 4.79 Å². The molecule has 0 aromatic carbocycles. The molecule has 4 rings (SSSR count). The number of aromatic nitrogens is 4. The minimum Gasteiger partial charge on any atom is -0.378 e. The number of nitrogens with one attached hydrogen (secondary N) is 2. The van der Waals surface area contributed by atoms with Crippen molar-refractivity contribution >= 4 is 17.4 Å². The number of morpholine rings is 1. The molecule has 0 unspecified atom stereocenters. The van der Waals surface area contributed by atoms with Crippen molar-refractivity contribution in [1.82, 2.24) is 30.0 Å². The largest absolute Gasteiger partial charge is 0.378 e. The Morgan fingerprint density at radius 2 is 1.87 bits per heavy atom. The van der Waals surface area contributed by atoms with Gasteiger partial charge in [0.2, 0.25) is 5.91 Å². The van der Waals surface area contributed by atoms with E-state index in [-0.39, 0.29) is 17.0 Å². The highest BCUT2D eigenvalue weighted by Crippen LogP contribution is 2.30. The van der Waals surface area contributed by atoms with Gasteiger partial charge in [-0.05, 0) is 52.7 Å². The Morgan fingerprint density at radius 3 is 2.57 bits per heavy atom. The van der Waals surface area contributed by atoms with Gasteiger partial charge in [-0.25, -0.2) is 0 Å². The first kappa shape index (κ1) is 21.0. The summed E-state index contributed by atoms with van der Waals surface area (Å²) in [6, 6.07) is 4.20. The van der Waals surface area contributed by atoms with E-state index in [4.69, 9.17) is 9.84 Å². The Kier molecular flexibility index (Phi) is 5.67. The summed E-state index contributed by atoms with van der Waals surface area (Å²) < 4.78 is 7.07. The maximum atomic E-state index is 12.5. The smallest absolute Gasteiger partial charge is 0.223 e. The van der Waals surface area contributed by atoms with Gasteiger partial charge in [-0.1, -0.05) is 0 Å². The molecule has 0 radical (unpaired) electrons. The Morgan fingerprint density at radius 1 is 1.17 bits per heavy atom. The summed E-state index contributed by atoms with van der Waals surface area (Å²) in [5.74, 6) is 1.64. The molecule has 0 saturated carbocycles. The predicted octanol–water partition coefficient (Wildman–Crippen LogP) is 1.64. The van der Waals surface area contributed by atoms with Crippen molar-refractivity contribution in [1.29, 1.82) is 0 Å². The van der Waals surface area contributed by atoms with Crippen molar-refractivity contribution in [2.45, 2.75) is 70.5 Å². The van der Waals surface area contributed by atoms with Gasteiger partial charge in [0.15, 0.2) is 11.5 Å². The first-order chi connectivity index (χ1) is 14.2. The number of fused-ring (bicyclic) bond motifs is 1. The second-order valence-corrected chi connectivity index (χ2v) is 9.74. The van der Waals surface area contributed by atoms with Gasteiger partial charge < -0.3 is 20.3 Å². The minimum absolute atomic E-state index is 0.0606. The number of hydrogen-bond donors (Lipinski definition) is 2. The van der Waals surface area contributed by atoms with Crippen molar-refractivity contribution in [3.63, 3.8) is 0 Å². The van der Waals surface area contributed by atoms with Crippen LogP contribution in [0.3, 0.4) is 0 Å². The van der Waals surface area contributed by atoms with E-state index in [1.54, 1.807) is 4.52 Å². The van der Waals surface area contributed by atoms with Crippen LogP contribution in [0, 0.1) is 0 Å². The minimum atomic E-state index is 0.0606. The van der Waals surface area contributed by atoms with Crippen LogP contribution in [-0.4, -0.2) is 74.0 Å². The second-order valence-electron chi connectivity index (χ2n) is 9.74. The lowest BCUT2D eigenvalue weighted by Crippen LogP contribution is -2.60. The highest BCUT2D eigenvalue weighted by molar-refractivity contribution is 5.76. The molecule has 2 aliphatic heterocycles. The third kappa shape index (κ3) is 4.89. The van der Waals surface area contributed by atoms with E-state index in [2.05, 4.69) is 48.5 Å². The summed E-state index contributed by atoms with van der Waals surface area (Å²) in [6.07, 6.45) is 2.94. The predicted molar refractivity (Wildman–Crippen MR) is 114 cm³/mol. The maximum absolute atomic E-state index is 12.5. The molecule has 4 heterocycles. The molecule has 2 aromatic rings. The van der Waals surface area contributed by atoms with E-state index in [0.717, 1.165) is 18.7 Å². The number of hydrogen-bond acceptors (Lipinski definition) is 7. The summed E-state index contributed by atoms with van der Waals surface area (Å²) in [5.41, 5.74) is 0.816.